The first kappa shape index (κ1) is 12.3. The molecule has 0 aliphatic heterocycles. The number of nitrogens with two attached hydrogens (primary N) is 1. The predicted octanol–water partition coefficient (Wildman–Crippen LogP) is 1.53. The van der Waals surface area contributed by atoms with E-state index < -0.39 is 17.9 Å². The summed E-state index contributed by atoms with van der Waals surface area (Å²) in [7, 11) is 0. The summed E-state index contributed by atoms with van der Waals surface area (Å²) < 4.78 is 4.47. The Bertz CT molecular complexity index is 415. The van der Waals surface area contributed by atoms with E-state index in [-0.39, 0.29) is 6.61 Å². The van der Waals surface area contributed by atoms with Crippen LogP contribution in [0.2, 0.25) is 0 Å². The lowest BCUT2D eigenvalue weighted by molar-refractivity contribution is -0.120. The Morgan fingerprint density at radius 1 is 1.56 bits per heavy atom. The SMILES string of the molecule is Cc1ccc(C(COC(=O)N=O)C(N)=O)s1. The van der Waals surface area contributed by atoms with Gasteiger partial charge in [0, 0.05) is 9.75 Å². The molecule has 1 aromatic rings. The third-order valence-electron chi connectivity index (χ3n) is 1.90. The van der Waals surface area contributed by atoms with E-state index in [2.05, 4.69) is 9.91 Å². The Morgan fingerprint density at radius 2 is 2.25 bits per heavy atom. The molecule has 6 nitrogen and oxygen atoms in total. The molecule has 2 N–H and O–H groups in total. The number of hydrogen-bond donors (Lipinski definition) is 1. The smallest absolute Gasteiger partial charge is 0.445 e. The zero-order chi connectivity index (χ0) is 12.1. The van der Waals surface area contributed by atoms with Crippen molar-refractivity contribution in [2.24, 2.45) is 10.9 Å². The van der Waals surface area contributed by atoms with Gasteiger partial charge >= 0.3 is 6.09 Å². The van der Waals surface area contributed by atoms with Crippen LogP contribution in [0.15, 0.2) is 17.3 Å². The quantitative estimate of drug-likeness (QED) is 0.809. The molecule has 0 aliphatic rings. The van der Waals surface area contributed by atoms with E-state index >= 15 is 0 Å². The maximum Gasteiger partial charge on any atom is 0.470 e. The maximum absolute atomic E-state index is 11.1. The van der Waals surface area contributed by atoms with Gasteiger partial charge in [0.25, 0.3) is 0 Å². The van der Waals surface area contributed by atoms with E-state index in [1.54, 1.807) is 6.07 Å². The number of carbonyl (C=O) groups excluding carboxylic acids is 2. The second-order valence-corrected chi connectivity index (χ2v) is 4.39. The molecule has 0 radical (unpaired) electrons. The number of primary amides is 1. The zero-order valence-electron chi connectivity index (χ0n) is 8.50. The van der Waals surface area contributed by atoms with E-state index in [1.165, 1.54) is 11.3 Å². The van der Waals surface area contributed by atoms with Gasteiger partial charge in [-0.3, -0.25) is 4.79 Å². The fourth-order valence-electron chi connectivity index (χ4n) is 1.13. The second-order valence-electron chi connectivity index (χ2n) is 3.07. The summed E-state index contributed by atoms with van der Waals surface area (Å²) in [5.41, 5.74) is 5.17. The topological polar surface area (TPSA) is 98.8 Å². The molecule has 0 aliphatic carbocycles. The molecule has 2 amide bonds. The molecule has 0 saturated heterocycles. The highest BCUT2D eigenvalue weighted by Crippen LogP contribution is 2.24. The number of rotatable bonds is 4. The fourth-order valence-corrected chi connectivity index (χ4v) is 2.10. The van der Waals surface area contributed by atoms with Crippen molar-refractivity contribution in [1.82, 2.24) is 0 Å². The van der Waals surface area contributed by atoms with Crippen LogP contribution in [0, 0.1) is 11.8 Å². The molecule has 0 fully saturated rings. The second kappa shape index (κ2) is 5.36. The minimum Gasteiger partial charge on any atom is -0.445 e. The number of thiophene rings is 1. The molecule has 1 heterocycles. The molecule has 0 spiro atoms. The summed E-state index contributed by atoms with van der Waals surface area (Å²) >= 11 is 1.38. The number of amides is 2. The average Bonchev–Trinajstić information content (AvgIpc) is 2.64. The number of nitroso groups, excluding NO2 is 1. The fraction of sp³-hybridized carbons (Fsp3) is 0.333. The van der Waals surface area contributed by atoms with Crippen molar-refractivity contribution in [3.05, 3.63) is 26.8 Å². The predicted molar refractivity (Wildman–Crippen MR) is 58.1 cm³/mol. The van der Waals surface area contributed by atoms with Crippen LogP contribution in [-0.2, 0) is 9.53 Å². The van der Waals surface area contributed by atoms with Crippen molar-refractivity contribution in [3.63, 3.8) is 0 Å². The van der Waals surface area contributed by atoms with Crippen molar-refractivity contribution in [3.8, 4) is 0 Å². The maximum atomic E-state index is 11.1. The van der Waals surface area contributed by atoms with Crippen molar-refractivity contribution in [2.75, 3.05) is 6.61 Å². The van der Waals surface area contributed by atoms with Gasteiger partial charge in [0.05, 0.1) is 5.18 Å². The molecular formula is C9H10N2O4S. The molecule has 0 bridgehead atoms. The Kier molecular flexibility index (Phi) is 4.12. The summed E-state index contributed by atoms with van der Waals surface area (Å²) in [4.78, 5) is 33.2. The van der Waals surface area contributed by atoms with Gasteiger partial charge in [-0.05, 0) is 19.1 Å². The molecule has 86 valence electrons. The van der Waals surface area contributed by atoms with Gasteiger partial charge in [-0.2, -0.15) is 0 Å². The number of carbonyl (C=O) groups is 2. The molecule has 1 atom stereocenters. The lowest BCUT2D eigenvalue weighted by Crippen LogP contribution is -2.25. The monoisotopic (exact) mass is 242 g/mol. The minimum absolute atomic E-state index is 0.264. The Labute approximate surface area is 95.4 Å². The van der Waals surface area contributed by atoms with Crippen LogP contribution in [-0.4, -0.2) is 18.6 Å². The molecule has 16 heavy (non-hydrogen) atoms. The first-order chi connectivity index (χ1) is 7.54. The largest absolute Gasteiger partial charge is 0.470 e. The van der Waals surface area contributed by atoms with E-state index in [0.29, 0.717) is 4.88 Å². The first-order valence-electron chi connectivity index (χ1n) is 4.40. The van der Waals surface area contributed by atoms with E-state index in [4.69, 9.17) is 5.73 Å². The van der Waals surface area contributed by atoms with Crippen LogP contribution in [0.25, 0.3) is 0 Å². The summed E-state index contributed by atoms with van der Waals surface area (Å²) in [6, 6.07) is 3.56. The van der Waals surface area contributed by atoms with Gasteiger partial charge in [0.1, 0.15) is 12.5 Å². The minimum atomic E-state index is -1.25. The highest BCUT2D eigenvalue weighted by Gasteiger charge is 2.21. The summed E-state index contributed by atoms with van der Waals surface area (Å²) in [6.07, 6.45) is -1.25. The standard InChI is InChI=1S/C9H10N2O4S/c1-5-2-3-7(16-5)6(8(10)12)4-15-9(13)11-14/h2-3,6H,4H2,1H3,(H2,10,12). The Hall–Kier alpha value is -1.76. The molecule has 1 unspecified atom stereocenters. The van der Waals surface area contributed by atoms with E-state index in [0.717, 1.165) is 4.88 Å². The van der Waals surface area contributed by atoms with Gasteiger partial charge in [-0.15, -0.1) is 16.2 Å². The lowest BCUT2D eigenvalue weighted by atomic mass is 10.1. The number of ether oxygens (including phenoxy) is 1. The van der Waals surface area contributed by atoms with Crippen molar-refractivity contribution >= 4 is 23.3 Å². The number of nitrogens with zero attached hydrogens (tertiary/aromatic N) is 1. The summed E-state index contributed by atoms with van der Waals surface area (Å²) in [5, 5.41) is 2.06. The highest BCUT2D eigenvalue weighted by molar-refractivity contribution is 7.12. The van der Waals surface area contributed by atoms with Gasteiger partial charge in [0.2, 0.25) is 5.91 Å². The van der Waals surface area contributed by atoms with E-state index in [1.807, 2.05) is 13.0 Å². The molecule has 0 aromatic carbocycles. The van der Waals surface area contributed by atoms with Crippen molar-refractivity contribution < 1.29 is 14.3 Å². The normalized spacial score (nSPS) is 11.8. The molecule has 0 saturated carbocycles. The van der Waals surface area contributed by atoms with Crippen LogP contribution in [0.4, 0.5) is 4.79 Å². The van der Waals surface area contributed by atoms with Gasteiger partial charge in [-0.25, -0.2) is 4.79 Å². The lowest BCUT2D eigenvalue weighted by Gasteiger charge is -2.09. The van der Waals surface area contributed by atoms with Crippen molar-refractivity contribution in [2.45, 2.75) is 12.8 Å². The molecule has 1 rings (SSSR count). The summed E-state index contributed by atoms with van der Waals surface area (Å²) in [6.45, 7) is 1.62. The van der Waals surface area contributed by atoms with Gasteiger partial charge in [-0.1, -0.05) is 0 Å². The summed E-state index contributed by atoms with van der Waals surface area (Å²) in [5.74, 6) is -1.34. The van der Waals surface area contributed by atoms with Crippen LogP contribution in [0.5, 0.6) is 0 Å². The zero-order valence-corrected chi connectivity index (χ0v) is 9.32. The average molecular weight is 242 g/mol. The Morgan fingerprint density at radius 3 is 2.69 bits per heavy atom. The number of hydrogen-bond acceptors (Lipinski definition) is 5. The van der Waals surface area contributed by atoms with Crippen LogP contribution in [0.1, 0.15) is 15.7 Å². The van der Waals surface area contributed by atoms with Crippen LogP contribution in [0.3, 0.4) is 0 Å². The first-order valence-corrected chi connectivity index (χ1v) is 5.22. The third kappa shape index (κ3) is 3.13. The molecule has 1 aromatic heterocycles. The van der Waals surface area contributed by atoms with Gasteiger partial charge < -0.3 is 10.5 Å². The van der Waals surface area contributed by atoms with E-state index in [9.17, 15) is 14.5 Å². The highest BCUT2D eigenvalue weighted by atomic mass is 32.1. The number of aryl methyl sites for hydroxylation is 1. The molecule has 7 heteroatoms. The van der Waals surface area contributed by atoms with Gasteiger partial charge in [0.15, 0.2) is 0 Å². The molecular weight excluding hydrogens is 232 g/mol. The van der Waals surface area contributed by atoms with Crippen LogP contribution < -0.4 is 5.73 Å². The third-order valence-corrected chi connectivity index (χ3v) is 3.01. The van der Waals surface area contributed by atoms with Crippen LogP contribution >= 0.6 is 11.3 Å². The Balaban J connectivity index is 2.72. The van der Waals surface area contributed by atoms with Crippen molar-refractivity contribution in [1.29, 1.82) is 0 Å².